The summed E-state index contributed by atoms with van der Waals surface area (Å²) in [5.74, 6) is -0.388. The number of carbonyl (C=O) groups excluding carboxylic acids is 2. The summed E-state index contributed by atoms with van der Waals surface area (Å²) in [5, 5.41) is 2.97. The molecule has 2 N–H and O–H groups in total. The van der Waals surface area contributed by atoms with Crippen LogP contribution in [0, 0.1) is 27.7 Å². The number of carbonyl (C=O) groups is 2. The molecule has 1 aromatic heterocycles. The van der Waals surface area contributed by atoms with Gasteiger partial charge >= 0.3 is 5.97 Å². The van der Waals surface area contributed by atoms with Gasteiger partial charge in [-0.05, 0) is 69.4 Å². The molecule has 0 spiro atoms. The van der Waals surface area contributed by atoms with Gasteiger partial charge in [-0.3, -0.25) is 4.79 Å². The van der Waals surface area contributed by atoms with E-state index in [-0.39, 0.29) is 11.9 Å². The van der Waals surface area contributed by atoms with E-state index in [1.54, 1.807) is 6.92 Å². The lowest BCUT2D eigenvalue weighted by molar-refractivity contribution is -0.116. The molecule has 0 radical (unpaired) electrons. The topological polar surface area (TPSA) is 71.2 Å². The van der Waals surface area contributed by atoms with Crippen LogP contribution in [-0.2, 0) is 16.0 Å². The number of hydrogen-bond donors (Lipinski definition) is 2. The number of anilines is 1. The zero-order valence-electron chi connectivity index (χ0n) is 15.6. The number of aromatic nitrogens is 1. The van der Waals surface area contributed by atoms with Gasteiger partial charge in [-0.1, -0.05) is 12.1 Å². The van der Waals surface area contributed by atoms with E-state index in [0.717, 1.165) is 33.6 Å². The molecule has 0 bridgehead atoms. The molecule has 0 unspecified atom stereocenters. The molecule has 0 saturated carbocycles. The van der Waals surface area contributed by atoms with Crippen LogP contribution in [0.4, 0.5) is 5.69 Å². The van der Waals surface area contributed by atoms with Gasteiger partial charge in [0.15, 0.2) is 0 Å². The highest BCUT2D eigenvalue weighted by Crippen LogP contribution is 2.22. The summed E-state index contributed by atoms with van der Waals surface area (Å²) >= 11 is 0. The summed E-state index contributed by atoms with van der Waals surface area (Å²) in [6.45, 7) is 9.93. The quantitative estimate of drug-likeness (QED) is 0.780. The van der Waals surface area contributed by atoms with Gasteiger partial charge in [0.1, 0.15) is 5.69 Å². The van der Waals surface area contributed by atoms with Gasteiger partial charge in [0.2, 0.25) is 5.91 Å². The van der Waals surface area contributed by atoms with Crippen LogP contribution >= 0.6 is 0 Å². The minimum Gasteiger partial charge on any atom is -0.461 e. The van der Waals surface area contributed by atoms with Crippen LogP contribution in [0.5, 0.6) is 0 Å². The number of amides is 1. The minimum atomic E-state index is -0.353. The number of ether oxygens (including phenoxy) is 1. The molecule has 0 fully saturated rings. The number of H-pyrrole nitrogens is 1. The third-order valence-electron chi connectivity index (χ3n) is 4.55. The molecule has 0 atom stereocenters. The molecule has 0 aliphatic rings. The van der Waals surface area contributed by atoms with Crippen molar-refractivity contribution in [2.45, 2.75) is 47.5 Å². The molecular weight excluding hydrogens is 316 g/mol. The maximum absolute atomic E-state index is 12.3. The van der Waals surface area contributed by atoms with Crippen molar-refractivity contribution in [2.75, 3.05) is 11.9 Å². The van der Waals surface area contributed by atoms with Gasteiger partial charge in [-0.25, -0.2) is 4.79 Å². The summed E-state index contributed by atoms with van der Waals surface area (Å²) in [4.78, 5) is 27.3. The Hall–Kier alpha value is -2.56. The second-order valence-corrected chi connectivity index (χ2v) is 6.24. The number of benzene rings is 1. The second kappa shape index (κ2) is 8.01. The highest BCUT2D eigenvalue weighted by Gasteiger charge is 2.18. The molecular formula is C20H26N2O3. The maximum Gasteiger partial charge on any atom is 0.355 e. The number of hydrogen-bond acceptors (Lipinski definition) is 3. The molecule has 0 aliphatic heterocycles. The van der Waals surface area contributed by atoms with E-state index in [0.29, 0.717) is 25.1 Å². The summed E-state index contributed by atoms with van der Waals surface area (Å²) < 4.78 is 5.06. The molecule has 25 heavy (non-hydrogen) atoms. The van der Waals surface area contributed by atoms with Crippen molar-refractivity contribution in [3.63, 3.8) is 0 Å². The van der Waals surface area contributed by atoms with E-state index in [9.17, 15) is 9.59 Å². The first-order valence-corrected chi connectivity index (χ1v) is 8.56. The predicted octanol–water partition coefficient (Wildman–Crippen LogP) is 4.00. The first-order chi connectivity index (χ1) is 11.8. The van der Waals surface area contributed by atoms with Gasteiger partial charge in [-0.15, -0.1) is 0 Å². The first-order valence-electron chi connectivity index (χ1n) is 8.56. The number of rotatable bonds is 6. The van der Waals surface area contributed by atoms with Crippen molar-refractivity contribution in [1.82, 2.24) is 4.98 Å². The maximum atomic E-state index is 12.3. The summed E-state index contributed by atoms with van der Waals surface area (Å²) in [7, 11) is 0. The number of nitrogens with one attached hydrogen (secondary N) is 2. The van der Waals surface area contributed by atoms with Crippen LogP contribution in [0.25, 0.3) is 0 Å². The average molecular weight is 342 g/mol. The molecule has 5 nitrogen and oxygen atoms in total. The fraction of sp³-hybridized carbons (Fsp3) is 0.400. The Labute approximate surface area is 148 Å². The molecule has 5 heteroatoms. The van der Waals surface area contributed by atoms with Gasteiger partial charge < -0.3 is 15.0 Å². The van der Waals surface area contributed by atoms with Crippen molar-refractivity contribution in [3.05, 3.63) is 51.8 Å². The first kappa shape index (κ1) is 18.8. The van der Waals surface area contributed by atoms with E-state index in [1.807, 2.05) is 45.9 Å². The van der Waals surface area contributed by atoms with Crippen LogP contribution in [0.3, 0.4) is 0 Å². The normalized spacial score (nSPS) is 10.6. The van der Waals surface area contributed by atoms with E-state index < -0.39 is 0 Å². The highest BCUT2D eigenvalue weighted by molar-refractivity contribution is 5.92. The van der Waals surface area contributed by atoms with Gasteiger partial charge in [0.25, 0.3) is 0 Å². The molecule has 1 amide bonds. The molecule has 0 saturated heterocycles. The third kappa shape index (κ3) is 4.29. The van der Waals surface area contributed by atoms with Crippen LogP contribution in [0.15, 0.2) is 18.2 Å². The smallest absolute Gasteiger partial charge is 0.355 e. The van der Waals surface area contributed by atoms with Crippen molar-refractivity contribution >= 4 is 17.6 Å². The Morgan fingerprint density at radius 2 is 1.84 bits per heavy atom. The standard InChI is InChI=1S/C20H26N2O3/c1-6-25-20(24)19-14(4)16(15(5)21-19)10-11-18(23)22-17-9-7-8-12(2)13(17)3/h7-9,21H,6,10-11H2,1-5H3,(H,22,23). The fourth-order valence-corrected chi connectivity index (χ4v) is 2.91. The lowest BCUT2D eigenvalue weighted by atomic mass is 10.0. The Bertz CT molecular complexity index is 790. The molecule has 2 rings (SSSR count). The van der Waals surface area contributed by atoms with E-state index in [2.05, 4.69) is 10.3 Å². The average Bonchev–Trinajstić information content (AvgIpc) is 2.85. The Morgan fingerprint density at radius 3 is 2.52 bits per heavy atom. The lowest BCUT2D eigenvalue weighted by Crippen LogP contribution is -2.14. The SMILES string of the molecule is CCOC(=O)c1[nH]c(C)c(CCC(=O)Nc2cccc(C)c2C)c1C. The monoisotopic (exact) mass is 342 g/mol. The highest BCUT2D eigenvalue weighted by atomic mass is 16.5. The van der Waals surface area contributed by atoms with Crippen LogP contribution < -0.4 is 5.32 Å². The Kier molecular flexibility index (Phi) is 6.02. The van der Waals surface area contributed by atoms with Crippen molar-refractivity contribution in [1.29, 1.82) is 0 Å². The van der Waals surface area contributed by atoms with Gasteiger partial charge in [0.05, 0.1) is 6.61 Å². The van der Waals surface area contributed by atoms with E-state index in [4.69, 9.17) is 4.74 Å². The Balaban J connectivity index is 2.05. The predicted molar refractivity (Wildman–Crippen MR) is 99.1 cm³/mol. The van der Waals surface area contributed by atoms with Crippen LogP contribution in [0.1, 0.15) is 51.8 Å². The van der Waals surface area contributed by atoms with Crippen molar-refractivity contribution in [3.8, 4) is 0 Å². The molecule has 0 aliphatic carbocycles. The molecule has 1 heterocycles. The molecule has 2 aromatic rings. The van der Waals surface area contributed by atoms with E-state index in [1.165, 1.54) is 0 Å². The van der Waals surface area contributed by atoms with Crippen molar-refractivity contribution in [2.24, 2.45) is 0 Å². The van der Waals surface area contributed by atoms with E-state index >= 15 is 0 Å². The summed E-state index contributed by atoms with van der Waals surface area (Å²) in [6.07, 6.45) is 0.930. The zero-order chi connectivity index (χ0) is 18.6. The van der Waals surface area contributed by atoms with Gasteiger partial charge in [0, 0.05) is 17.8 Å². The molecule has 134 valence electrons. The zero-order valence-corrected chi connectivity index (χ0v) is 15.6. The molecule has 1 aromatic carbocycles. The summed E-state index contributed by atoms with van der Waals surface area (Å²) in [6, 6.07) is 5.87. The Morgan fingerprint density at radius 1 is 1.12 bits per heavy atom. The van der Waals surface area contributed by atoms with Crippen LogP contribution in [0.2, 0.25) is 0 Å². The van der Waals surface area contributed by atoms with Crippen LogP contribution in [-0.4, -0.2) is 23.5 Å². The summed E-state index contributed by atoms with van der Waals surface area (Å²) in [5.41, 5.74) is 6.31. The number of esters is 1. The number of aryl methyl sites for hydroxylation is 2. The van der Waals surface area contributed by atoms with Crippen molar-refractivity contribution < 1.29 is 14.3 Å². The fourth-order valence-electron chi connectivity index (χ4n) is 2.91. The lowest BCUT2D eigenvalue weighted by Gasteiger charge is -2.10. The third-order valence-corrected chi connectivity index (χ3v) is 4.55. The number of aromatic amines is 1. The minimum absolute atomic E-state index is 0.0358. The largest absolute Gasteiger partial charge is 0.461 e. The van der Waals surface area contributed by atoms with Gasteiger partial charge in [-0.2, -0.15) is 0 Å². The second-order valence-electron chi connectivity index (χ2n) is 6.24.